The van der Waals surface area contributed by atoms with Crippen molar-refractivity contribution in [1.82, 2.24) is 14.6 Å². The topological polar surface area (TPSA) is 30.2 Å². The summed E-state index contributed by atoms with van der Waals surface area (Å²) in [6.45, 7) is 2.10. The second kappa shape index (κ2) is 6.90. The molecule has 25 heavy (non-hydrogen) atoms. The third-order valence-corrected chi connectivity index (χ3v) is 5.31. The molecular formula is C20H16ClN3S. The number of thioether (sulfide) groups is 1. The van der Waals surface area contributed by atoms with Crippen molar-refractivity contribution in [3.05, 3.63) is 83.1 Å². The van der Waals surface area contributed by atoms with Crippen molar-refractivity contribution in [1.29, 1.82) is 0 Å². The summed E-state index contributed by atoms with van der Waals surface area (Å²) in [7, 11) is 0. The number of fused-ring (bicyclic) bond motifs is 1. The van der Waals surface area contributed by atoms with E-state index in [1.165, 1.54) is 11.1 Å². The molecule has 0 saturated carbocycles. The maximum Gasteiger partial charge on any atom is 0.122 e. The van der Waals surface area contributed by atoms with E-state index < -0.39 is 0 Å². The summed E-state index contributed by atoms with van der Waals surface area (Å²) in [6, 6.07) is 18.4. The number of hydrogen-bond acceptors (Lipinski definition) is 3. The summed E-state index contributed by atoms with van der Waals surface area (Å²) >= 11 is 7.70. The first-order chi connectivity index (χ1) is 12.2. The average molecular weight is 366 g/mol. The molecule has 2 aromatic heterocycles. The van der Waals surface area contributed by atoms with Crippen molar-refractivity contribution < 1.29 is 0 Å². The molecule has 0 atom stereocenters. The Morgan fingerprint density at radius 1 is 1.04 bits per heavy atom. The molecule has 0 unspecified atom stereocenters. The number of nitrogens with zero attached hydrogens (tertiary/aromatic N) is 3. The zero-order valence-electron chi connectivity index (χ0n) is 13.7. The molecule has 0 N–H and O–H groups in total. The molecule has 0 spiro atoms. The van der Waals surface area contributed by atoms with E-state index in [-0.39, 0.29) is 0 Å². The van der Waals surface area contributed by atoms with Gasteiger partial charge in [0, 0.05) is 28.7 Å². The lowest BCUT2D eigenvalue weighted by Crippen LogP contribution is -1.91. The molecule has 0 aliphatic carbocycles. The first kappa shape index (κ1) is 16.2. The van der Waals surface area contributed by atoms with Crippen molar-refractivity contribution in [2.24, 2.45) is 0 Å². The van der Waals surface area contributed by atoms with Crippen LogP contribution in [0.3, 0.4) is 0 Å². The molecule has 0 aliphatic heterocycles. The Bertz CT molecular complexity index is 1010. The number of benzene rings is 2. The molecule has 5 heteroatoms. The van der Waals surface area contributed by atoms with Crippen LogP contribution in [0.25, 0.3) is 16.8 Å². The zero-order chi connectivity index (χ0) is 17.2. The highest BCUT2D eigenvalue weighted by atomic mass is 35.5. The van der Waals surface area contributed by atoms with Crippen molar-refractivity contribution in [3.8, 4) is 11.3 Å². The van der Waals surface area contributed by atoms with Gasteiger partial charge < -0.3 is 0 Å². The van der Waals surface area contributed by atoms with Gasteiger partial charge in [-0.2, -0.15) is 5.10 Å². The summed E-state index contributed by atoms with van der Waals surface area (Å²) < 4.78 is 1.88. The predicted molar refractivity (Wildman–Crippen MR) is 104 cm³/mol. The third kappa shape index (κ3) is 3.55. The quantitative estimate of drug-likeness (QED) is 0.438. The van der Waals surface area contributed by atoms with Gasteiger partial charge >= 0.3 is 0 Å². The molecule has 3 nitrogen and oxygen atoms in total. The molecule has 0 saturated heterocycles. The lowest BCUT2D eigenvalue weighted by Gasteiger charge is -2.03. The molecule has 0 bridgehead atoms. The maximum atomic E-state index is 5.97. The normalized spacial score (nSPS) is 11.1. The summed E-state index contributed by atoms with van der Waals surface area (Å²) in [5, 5.41) is 6.37. The molecule has 2 heterocycles. The number of hydrogen-bond donors (Lipinski definition) is 0. The third-order valence-electron chi connectivity index (χ3n) is 3.99. The number of aromatic nitrogens is 3. The number of rotatable bonds is 4. The first-order valence-electron chi connectivity index (χ1n) is 7.98. The fraction of sp³-hybridized carbons (Fsp3) is 0.100. The van der Waals surface area contributed by atoms with E-state index in [0.717, 1.165) is 32.6 Å². The second-order valence-corrected chi connectivity index (χ2v) is 7.27. The minimum atomic E-state index is 0.725. The van der Waals surface area contributed by atoms with Gasteiger partial charge in [-0.15, -0.1) is 0 Å². The van der Waals surface area contributed by atoms with Gasteiger partial charge in [0.25, 0.3) is 0 Å². The summed E-state index contributed by atoms with van der Waals surface area (Å²) in [5.74, 6) is 0.883. The van der Waals surface area contributed by atoms with Crippen LogP contribution in [0, 0.1) is 6.92 Å². The largest absolute Gasteiger partial charge is 0.246 e. The van der Waals surface area contributed by atoms with Crippen LogP contribution < -0.4 is 0 Å². The summed E-state index contributed by atoms with van der Waals surface area (Å²) in [6.07, 6.45) is 3.67. The smallest absolute Gasteiger partial charge is 0.122 e. The van der Waals surface area contributed by atoms with E-state index in [2.05, 4.69) is 47.3 Å². The summed E-state index contributed by atoms with van der Waals surface area (Å²) in [4.78, 5) is 4.54. The van der Waals surface area contributed by atoms with Gasteiger partial charge in [0.15, 0.2) is 0 Å². The molecule has 0 radical (unpaired) electrons. The highest BCUT2D eigenvalue weighted by Gasteiger charge is 2.10. The highest BCUT2D eigenvalue weighted by molar-refractivity contribution is 7.98. The fourth-order valence-corrected chi connectivity index (χ4v) is 3.66. The first-order valence-corrected chi connectivity index (χ1v) is 9.34. The van der Waals surface area contributed by atoms with E-state index in [4.69, 9.17) is 11.6 Å². The van der Waals surface area contributed by atoms with Crippen LogP contribution in [-0.4, -0.2) is 14.6 Å². The molecule has 0 amide bonds. The lowest BCUT2D eigenvalue weighted by molar-refractivity contribution is 0.920. The monoisotopic (exact) mass is 365 g/mol. The molecule has 0 fully saturated rings. The SMILES string of the molecule is Cc1ccc(CSc2nccn3nc(-c4ccc(Cl)cc4)cc23)cc1. The van der Waals surface area contributed by atoms with Gasteiger partial charge in [-0.1, -0.05) is 65.3 Å². The Kier molecular flexibility index (Phi) is 4.47. The number of halogens is 1. The number of aryl methyl sites for hydroxylation is 1. The molecule has 4 aromatic rings. The van der Waals surface area contributed by atoms with Gasteiger partial charge in [-0.05, 0) is 30.7 Å². The second-order valence-electron chi connectivity index (χ2n) is 5.87. The van der Waals surface area contributed by atoms with E-state index in [1.807, 2.05) is 35.0 Å². The molecular weight excluding hydrogens is 350 g/mol. The van der Waals surface area contributed by atoms with Crippen LogP contribution in [0.4, 0.5) is 0 Å². The maximum absolute atomic E-state index is 5.97. The molecule has 4 rings (SSSR count). The van der Waals surface area contributed by atoms with Crippen molar-refractivity contribution in [2.45, 2.75) is 17.7 Å². The van der Waals surface area contributed by atoms with Gasteiger partial charge in [0.2, 0.25) is 0 Å². The van der Waals surface area contributed by atoms with Crippen molar-refractivity contribution in [3.63, 3.8) is 0 Å². The van der Waals surface area contributed by atoms with Crippen LogP contribution in [0.15, 0.2) is 72.0 Å². The van der Waals surface area contributed by atoms with Gasteiger partial charge in [0.1, 0.15) is 5.03 Å². The predicted octanol–water partition coefficient (Wildman–Crippen LogP) is 5.65. The zero-order valence-corrected chi connectivity index (χ0v) is 15.3. The fourth-order valence-electron chi connectivity index (χ4n) is 2.61. The Morgan fingerprint density at radius 2 is 1.80 bits per heavy atom. The lowest BCUT2D eigenvalue weighted by atomic mass is 10.1. The Balaban J connectivity index is 1.63. The van der Waals surface area contributed by atoms with Gasteiger partial charge in [-0.3, -0.25) is 0 Å². The van der Waals surface area contributed by atoms with Crippen LogP contribution in [-0.2, 0) is 5.75 Å². The minimum Gasteiger partial charge on any atom is -0.246 e. The van der Waals surface area contributed by atoms with E-state index in [0.29, 0.717) is 0 Å². The van der Waals surface area contributed by atoms with E-state index in [1.54, 1.807) is 18.0 Å². The van der Waals surface area contributed by atoms with Crippen LogP contribution in [0.1, 0.15) is 11.1 Å². The van der Waals surface area contributed by atoms with Crippen LogP contribution in [0.2, 0.25) is 5.02 Å². The molecule has 2 aromatic carbocycles. The Hall–Kier alpha value is -2.30. The van der Waals surface area contributed by atoms with E-state index >= 15 is 0 Å². The van der Waals surface area contributed by atoms with Gasteiger partial charge in [-0.25, -0.2) is 9.50 Å². The Morgan fingerprint density at radius 3 is 2.56 bits per heavy atom. The minimum absolute atomic E-state index is 0.725. The van der Waals surface area contributed by atoms with E-state index in [9.17, 15) is 0 Å². The standard InChI is InChI=1S/C20H16ClN3S/c1-14-2-4-15(5-3-14)13-25-20-19-12-18(23-24(19)11-10-22-20)16-6-8-17(21)9-7-16/h2-12H,13H2,1H3. The molecule has 124 valence electrons. The summed E-state index contributed by atoms with van der Waals surface area (Å²) in [5.41, 5.74) is 5.54. The average Bonchev–Trinajstić information content (AvgIpc) is 3.06. The van der Waals surface area contributed by atoms with Gasteiger partial charge in [0.05, 0.1) is 11.2 Å². The van der Waals surface area contributed by atoms with Crippen LogP contribution >= 0.6 is 23.4 Å². The van der Waals surface area contributed by atoms with Crippen molar-refractivity contribution in [2.75, 3.05) is 0 Å². The Labute approximate surface area is 155 Å². The highest BCUT2D eigenvalue weighted by Crippen LogP contribution is 2.28. The molecule has 0 aliphatic rings. The van der Waals surface area contributed by atoms with Crippen molar-refractivity contribution >= 4 is 28.9 Å². The van der Waals surface area contributed by atoms with Crippen LogP contribution in [0.5, 0.6) is 0 Å².